The first-order chi connectivity index (χ1) is 9.36. The van der Waals surface area contributed by atoms with E-state index in [1.807, 2.05) is 13.8 Å². The molecule has 1 aliphatic carbocycles. The van der Waals surface area contributed by atoms with Crippen molar-refractivity contribution in [2.24, 2.45) is 23.2 Å². The average Bonchev–Trinajstić information content (AvgIpc) is 2.88. The Kier molecular flexibility index (Phi) is 4.08. The molecular formula is C17H25F2N. The minimum absolute atomic E-state index is 0.356. The number of halogens is 2. The summed E-state index contributed by atoms with van der Waals surface area (Å²) in [5.41, 5.74) is 1.04. The van der Waals surface area contributed by atoms with Crippen molar-refractivity contribution in [2.75, 3.05) is 18.0 Å². The van der Waals surface area contributed by atoms with Crippen LogP contribution < -0.4 is 4.90 Å². The van der Waals surface area contributed by atoms with Gasteiger partial charge in [0.05, 0.1) is 0 Å². The fraction of sp³-hybridized carbons (Fsp3) is 0.647. The van der Waals surface area contributed by atoms with Crippen LogP contribution in [0.4, 0.5) is 14.5 Å². The molecule has 2 fully saturated rings. The molecule has 0 N–H and O–H groups in total. The number of hydrogen-bond donors (Lipinski definition) is 0. The first-order valence-corrected chi connectivity index (χ1v) is 7.57. The molecule has 1 aromatic carbocycles. The van der Waals surface area contributed by atoms with E-state index in [0.717, 1.165) is 25.1 Å². The number of hydrogen-bond acceptors (Lipinski definition) is 1. The Morgan fingerprint density at radius 2 is 1.40 bits per heavy atom. The molecule has 2 aliphatic rings. The second-order valence-electron chi connectivity index (χ2n) is 6.75. The third-order valence-corrected chi connectivity index (χ3v) is 4.41. The van der Waals surface area contributed by atoms with Crippen molar-refractivity contribution in [3.63, 3.8) is 0 Å². The van der Waals surface area contributed by atoms with Gasteiger partial charge in [-0.25, -0.2) is 8.78 Å². The van der Waals surface area contributed by atoms with Gasteiger partial charge in [0.1, 0.15) is 11.6 Å². The molecule has 20 heavy (non-hydrogen) atoms. The van der Waals surface area contributed by atoms with Crippen molar-refractivity contribution >= 4 is 5.69 Å². The van der Waals surface area contributed by atoms with Gasteiger partial charge in [-0.05, 0) is 35.3 Å². The molecule has 1 saturated carbocycles. The Balaban J connectivity index is 0.000000704. The monoisotopic (exact) mass is 281 g/mol. The molecule has 1 heterocycles. The van der Waals surface area contributed by atoms with Crippen LogP contribution in [0.1, 0.15) is 34.6 Å². The second kappa shape index (κ2) is 5.34. The van der Waals surface area contributed by atoms with Gasteiger partial charge in [-0.1, -0.05) is 34.6 Å². The maximum absolute atomic E-state index is 13.2. The summed E-state index contributed by atoms with van der Waals surface area (Å²) in [6.45, 7) is 12.7. The first kappa shape index (κ1) is 15.3. The number of fused-ring (bicyclic) bond motifs is 1. The Hall–Kier alpha value is -1.12. The molecule has 0 spiro atoms. The third kappa shape index (κ3) is 2.82. The van der Waals surface area contributed by atoms with E-state index in [4.69, 9.17) is 0 Å². The van der Waals surface area contributed by atoms with Crippen LogP contribution in [-0.2, 0) is 0 Å². The topological polar surface area (TPSA) is 3.24 Å². The van der Waals surface area contributed by atoms with E-state index in [2.05, 4.69) is 25.7 Å². The normalized spacial score (nSPS) is 27.8. The van der Waals surface area contributed by atoms with Crippen LogP contribution in [-0.4, -0.2) is 13.1 Å². The molecule has 1 saturated heterocycles. The van der Waals surface area contributed by atoms with Gasteiger partial charge in [0, 0.05) is 24.8 Å². The highest BCUT2D eigenvalue weighted by Crippen LogP contribution is 2.60. The molecule has 1 aromatic rings. The maximum Gasteiger partial charge on any atom is 0.128 e. The highest BCUT2D eigenvalue weighted by Gasteiger charge is 2.59. The number of rotatable bonds is 1. The summed E-state index contributed by atoms with van der Waals surface area (Å²) >= 11 is 0. The fourth-order valence-electron chi connectivity index (χ4n) is 3.74. The predicted molar refractivity (Wildman–Crippen MR) is 79.8 cm³/mol. The van der Waals surface area contributed by atoms with Gasteiger partial charge in [-0.15, -0.1) is 0 Å². The van der Waals surface area contributed by atoms with Gasteiger partial charge in [-0.3, -0.25) is 0 Å². The van der Waals surface area contributed by atoms with Crippen molar-refractivity contribution in [1.82, 2.24) is 0 Å². The van der Waals surface area contributed by atoms with Crippen LogP contribution >= 0.6 is 0 Å². The SMILES string of the molecule is CC.CC(C)(C)C1C2CN(c3cc(F)cc(F)c3)CC21. The summed E-state index contributed by atoms with van der Waals surface area (Å²) in [5.74, 6) is 1.20. The number of nitrogens with zero attached hydrogens (tertiary/aromatic N) is 1. The quantitative estimate of drug-likeness (QED) is 0.720. The van der Waals surface area contributed by atoms with Gasteiger partial charge in [0.2, 0.25) is 0 Å². The number of benzene rings is 1. The summed E-state index contributed by atoms with van der Waals surface area (Å²) in [6.07, 6.45) is 0. The molecular weight excluding hydrogens is 256 g/mol. The molecule has 0 amide bonds. The zero-order valence-electron chi connectivity index (χ0n) is 13.1. The lowest BCUT2D eigenvalue weighted by Gasteiger charge is -2.27. The van der Waals surface area contributed by atoms with Gasteiger partial charge in [0.15, 0.2) is 0 Å². The van der Waals surface area contributed by atoms with E-state index in [9.17, 15) is 8.78 Å². The minimum Gasteiger partial charge on any atom is -0.371 e. The summed E-state index contributed by atoms with van der Waals surface area (Å²) in [4.78, 5) is 2.11. The van der Waals surface area contributed by atoms with Gasteiger partial charge >= 0.3 is 0 Å². The lowest BCUT2D eigenvalue weighted by Crippen LogP contribution is -2.27. The lowest BCUT2D eigenvalue weighted by molar-refractivity contribution is 0.309. The van der Waals surface area contributed by atoms with E-state index >= 15 is 0 Å². The largest absolute Gasteiger partial charge is 0.371 e. The van der Waals surface area contributed by atoms with Crippen LogP contribution in [0.25, 0.3) is 0 Å². The highest BCUT2D eigenvalue weighted by molar-refractivity contribution is 5.49. The van der Waals surface area contributed by atoms with Gasteiger partial charge < -0.3 is 4.90 Å². The molecule has 0 radical (unpaired) electrons. The molecule has 1 nitrogen and oxygen atoms in total. The number of anilines is 1. The molecule has 3 rings (SSSR count). The smallest absolute Gasteiger partial charge is 0.128 e. The molecule has 2 unspecified atom stereocenters. The predicted octanol–water partition coefficient (Wildman–Crippen LogP) is 4.72. The van der Waals surface area contributed by atoms with Crippen molar-refractivity contribution in [2.45, 2.75) is 34.6 Å². The molecule has 0 aromatic heterocycles. The van der Waals surface area contributed by atoms with Gasteiger partial charge in [-0.2, -0.15) is 0 Å². The molecule has 2 atom stereocenters. The van der Waals surface area contributed by atoms with Crippen molar-refractivity contribution in [3.8, 4) is 0 Å². The molecule has 1 aliphatic heterocycles. The molecule has 3 heteroatoms. The lowest BCUT2D eigenvalue weighted by atomic mass is 9.87. The Labute approximate surface area is 121 Å². The first-order valence-electron chi connectivity index (χ1n) is 7.57. The Bertz CT molecular complexity index is 446. The molecule has 112 valence electrons. The van der Waals surface area contributed by atoms with E-state index in [-0.39, 0.29) is 0 Å². The van der Waals surface area contributed by atoms with Crippen LogP contribution in [0.15, 0.2) is 18.2 Å². The van der Waals surface area contributed by atoms with Crippen LogP contribution in [0.2, 0.25) is 0 Å². The summed E-state index contributed by atoms with van der Waals surface area (Å²) in [7, 11) is 0. The summed E-state index contributed by atoms with van der Waals surface area (Å²) in [6, 6.07) is 3.79. The van der Waals surface area contributed by atoms with E-state index in [0.29, 0.717) is 22.9 Å². The highest BCUT2D eigenvalue weighted by atomic mass is 19.1. The Morgan fingerprint density at radius 1 is 0.950 bits per heavy atom. The van der Waals surface area contributed by atoms with Crippen LogP contribution in [0, 0.1) is 34.8 Å². The standard InChI is InChI=1S/C15H19F2N.C2H6/c1-15(2,3)14-12-7-18(8-13(12)14)11-5-9(16)4-10(17)6-11;1-2/h4-6,12-14H,7-8H2,1-3H3;1-2H3. The van der Waals surface area contributed by atoms with Crippen molar-refractivity contribution in [3.05, 3.63) is 29.8 Å². The van der Waals surface area contributed by atoms with Gasteiger partial charge in [0.25, 0.3) is 0 Å². The van der Waals surface area contributed by atoms with E-state index in [1.54, 1.807) is 0 Å². The van der Waals surface area contributed by atoms with Crippen LogP contribution in [0.3, 0.4) is 0 Å². The second-order valence-corrected chi connectivity index (χ2v) is 6.75. The summed E-state index contributed by atoms with van der Waals surface area (Å²) < 4.78 is 26.4. The summed E-state index contributed by atoms with van der Waals surface area (Å²) in [5, 5.41) is 0. The van der Waals surface area contributed by atoms with E-state index < -0.39 is 11.6 Å². The van der Waals surface area contributed by atoms with Crippen molar-refractivity contribution in [1.29, 1.82) is 0 Å². The van der Waals surface area contributed by atoms with Crippen LogP contribution in [0.5, 0.6) is 0 Å². The maximum atomic E-state index is 13.2. The zero-order chi connectivity index (χ0) is 15.1. The average molecular weight is 281 g/mol. The fourth-order valence-corrected chi connectivity index (χ4v) is 3.74. The molecule has 0 bridgehead atoms. The van der Waals surface area contributed by atoms with Crippen molar-refractivity contribution < 1.29 is 8.78 Å². The zero-order valence-corrected chi connectivity index (χ0v) is 13.1. The number of piperidine rings is 1. The Morgan fingerprint density at radius 3 is 1.80 bits per heavy atom. The van der Waals surface area contributed by atoms with E-state index in [1.165, 1.54) is 12.1 Å². The minimum atomic E-state index is -0.488. The third-order valence-electron chi connectivity index (χ3n) is 4.41.